The third-order valence-electron chi connectivity index (χ3n) is 4.16. The number of aliphatic hydroxyl groups is 1. The van der Waals surface area contributed by atoms with E-state index in [0.717, 1.165) is 0 Å². The number of amides is 2. The molecule has 0 bridgehead atoms. The first-order chi connectivity index (χ1) is 11.4. The third-order valence-corrected chi connectivity index (χ3v) is 4.60. The number of rotatable bonds is 6. The Kier molecular flexibility index (Phi) is 6.86. The van der Waals surface area contributed by atoms with E-state index in [1.54, 1.807) is 18.2 Å². The van der Waals surface area contributed by atoms with Crippen molar-refractivity contribution in [3.05, 3.63) is 33.8 Å². The maximum absolute atomic E-state index is 12.2. The Morgan fingerprint density at radius 3 is 2.33 bits per heavy atom. The van der Waals surface area contributed by atoms with Crippen LogP contribution in [0.1, 0.15) is 24.4 Å². The Morgan fingerprint density at radius 1 is 1.25 bits per heavy atom. The molecule has 0 saturated carbocycles. The molecule has 1 aromatic carbocycles. The molecule has 1 fully saturated rings. The highest BCUT2D eigenvalue weighted by Gasteiger charge is 2.25. The molecule has 0 spiro atoms. The molecule has 1 aliphatic heterocycles. The van der Waals surface area contributed by atoms with Crippen molar-refractivity contribution in [1.29, 1.82) is 0 Å². The van der Waals surface area contributed by atoms with Crippen LogP contribution in [0.4, 0.5) is 0 Å². The van der Waals surface area contributed by atoms with Crippen molar-refractivity contribution in [3.63, 3.8) is 0 Å². The average molecular weight is 374 g/mol. The van der Waals surface area contributed by atoms with Crippen LogP contribution in [0.15, 0.2) is 18.2 Å². The molecule has 6 nitrogen and oxygen atoms in total. The Labute approximate surface area is 150 Å². The predicted octanol–water partition coefficient (Wildman–Crippen LogP) is 1.34. The summed E-state index contributed by atoms with van der Waals surface area (Å²) in [5, 5.41) is 13.2. The molecule has 0 aliphatic carbocycles. The van der Waals surface area contributed by atoms with Gasteiger partial charge in [-0.1, -0.05) is 23.2 Å². The first kappa shape index (κ1) is 19.0. The van der Waals surface area contributed by atoms with Gasteiger partial charge >= 0.3 is 0 Å². The summed E-state index contributed by atoms with van der Waals surface area (Å²) < 4.78 is 0. The first-order valence-corrected chi connectivity index (χ1v) is 8.52. The van der Waals surface area contributed by atoms with Crippen molar-refractivity contribution in [3.8, 4) is 0 Å². The number of carbonyl (C=O) groups excluding carboxylic acids is 2. The fourth-order valence-corrected chi connectivity index (χ4v) is 3.37. The summed E-state index contributed by atoms with van der Waals surface area (Å²) in [5.74, 6) is -0.594. The number of nitrogens with two attached hydrogens (primary N) is 1. The zero-order chi connectivity index (χ0) is 17.7. The molecular formula is C16H21Cl2N3O3. The average Bonchev–Trinajstić information content (AvgIpc) is 2.52. The summed E-state index contributed by atoms with van der Waals surface area (Å²) in [4.78, 5) is 25.3. The molecule has 2 rings (SSSR count). The van der Waals surface area contributed by atoms with Gasteiger partial charge in [0.1, 0.15) is 0 Å². The van der Waals surface area contributed by atoms with Crippen LogP contribution in [0.3, 0.4) is 0 Å². The molecule has 24 heavy (non-hydrogen) atoms. The second-order valence-corrected chi connectivity index (χ2v) is 6.83. The molecule has 1 atom stereocenters. The number of aliphatic hydroxyl groups excluding tert-OH is 1. The number of piperidine rings is 1. The second kappa shape index (κ2) is 8.67. The minimum absolute atomic E-state index is 0.108. The quantitative estimate of drug-likeness (QED) is 0.700. The normalized spacial score (nSPS) is 17.5. The van der Waals surface area contributed by atoms with Gasteiger partial charge in [0.15, 0.2) is 0 Å². The largest absolute Gasteiger partial charge is 0.394 e. The number of hydrogen-bond donors (Lipinski definition) is 3. The SMILES string of the molecule is NC(=O)C1CCN(CC(=O)N[C@H](CO)c2cc(Cl)cc(Cl)c2)CC1. The number of carbonyl (C=O) groups is 2. The van der Waals surface area contributed by atoms with E-state index in [9.17, 15) is 14.7 Å². The Bertz CT molecular complexity index is 584. The minimum atomic E-state index is -0.572. The Hall–Kier alpha value is -1.34. The smallest absolute Gasteiger partial charge is 0.234 e. The van der Waals surface area contributed by atoms with Crippen LogP contribution in [0.5, 0.6) is 0 Å². The van der Waals surface area contributed by atoms with E-state index in [4.69, 9.17) is 28.9 Å². The van der Waals surface area contributed by atoms with Gasteiger partial charge in [-0.2, -0.15) is 0 Å². The van der Waals surface area contributed by atoms with Gasteiger partial charge in [-0.15, -0.1) is 0 Å². The second-order valence-electron chi connectivity index (χ2n) is 5.96. The lowest BCUT2D eigenvalue weighted by Crippen LogP contribution is -2.44. The molecular weight excluding hydrogens is 353 g/mol. The summed E-state index contributed by atoms with van der Waals surface area (Å²) >= 11 is 11.9. The van der Waals surface area contributed by atoms with Gasteiger partial charge in [-0.3, -0.25) is 14.5 Å². The first-order valence-electron chi connectivity index (χ1n) is 7.77. The molecule has 1 aromatic rings. The van der Waals surface area contributed by atoms with Crippen LogP contribution >= 0.6 is 23.2 Å². The Balaban J connectivity index is 1.89. The minimum Gasteiger partial charge on any atom is -0.394 e. The van der Waals surface area contributed by atoms with Crippen LogP contribution in [0, 0.1) is 5.92 Å². The maximum atomic E-state index is 12.2. The van der Waals surface area contributed by atoms with Gasteiger partial charge in [0.25, 0.3) is 0 Å². The summed E-state index contributed by atoms with van der Waals surface area (Å²) in [6, 6.07) is 4.34. The van der Waals surface area contributed by atoms with E-state index >= 15 is 0 Å². The highest BCUT2D eigenvalue weighted by Crippen LogP contribution is 2.23. The molecule has 0 unspecified atom stereocenters. The van der Waals surface area contributed by atoms with Gasteiger partial charge in [0.05, 0.1) is 19.2 Å². The van der Waals surface area contributed by atoms with Crippen molar-refractivity contribution < 1.29 is 14.7 Å². The summed E-state index contributed by atoms with van der Waals surface area (Å²) in [5.41, 5.74) is 5.95. The van der Waals surface area contributed by atoms with E-state index in [1.807, 2.05) is 4.90 Å². The van der Waals surface area contributed by atoms with E-state index in [2.05, 4.69) is 5.32 Å². The van der Waals surface area contributed by atoms with Gasteiger partial charge in [-0.25, -0.2) is 0 Å². The highest BCUT2D eigenvalue weighted by molar-refractivity contribution is 6.34. The van der Waals surface area contributed by atoms with Crippen molar-refractivity contribution in [2.45, 2.75) is 18.9 Å². The maximum Gasteiger partial charge on any atom is 0.234 e. The van der Waals surface area contributed by atoms with E-state index in [-0.39, 0.29) is 30.9 Å². The molecule has 0 radical (unpaired) electrons. The van der Waals surface area contributed by atoms with Crippen LogP contribution in [-0.4, -0.2) is 48.1 Å². The topological polar surface area (TPSA) is 95.7 Å². The fourth-order valence-electron chi connectivity index (χ4n) is 2.83. The van der Waals surface area contributed by atoms with Gasteiger partial charge in [0.2, 0.25) is 11.8 Å². The standard InChI is InChI=1S/C16H21Cl2N3O3/c17-12-5-11(6-13(18)7-12)14(9-22)20-15(23)8-21-3-1-10(2-4-21)16(19)24/h5-7,10,14,22H,1-4,8-9H2,(H2,19,24)(H,20,23)/t14-/m1/s1. The monoisotopic (exact) mass is 373 g/mol. The number of nitrogens with zero attached hydrogens (tertiary/aromatic N) is 1. The number of primary amides is 1. The fraction of sp³-hybridized carbons (Fsp3) is 0.500. The molecule has 1 heterocycles. The number of benzene rings is 1. The number of nitrogens with one attached hydrogen (secondary N) is 1. The van der Waals surface area contributed by atoms with Crippen molar-refractivity contribution >= 4 is 35.0 Å². The molecule has 8 heteroatoms. The van der Waals surface area contributed by atoms with Crippen LogP contribution < -0.4 is 11.1 Å². The lowest BCUT2D eigenvalue weighted by Gasteiger charge is -2.30. The predicted molar refractivity (Wildman–Crippen MR) is 92.8 cm³/mol. The molecule has 4 N–H and O–H groups in total. The van der Waals surface area contributed by atoms with Crippen molar-refractivity contribution in [1.82, 2.24) is 10.2 Å². The highest BCUT2D eigenvalue weighted by atomic mass is 35.5. The zero-order valence-electron chi connectivity index (χ0n) is 13.2. The summed E-state index contributed by atoms with van der Waals surface area (Å²) in [6.45, 7) is 1.24. The molecule has 132 valence electrons. The van der Waals surface area contributed by atoms with E-state index in [0.29, 0.717) is 41.5 Å². The van der Waals surface area contributed by atoms with E-state index < -0.39 is 6.04 Å². The Morgan fingerprint density at radius 2 is 1.83 bits per heavy atom. The van der Waals surface area contributed by atoms with Gasteiger partial charge in [0, 0.05) is 16.0 Å². The van der Waals surface area contributed by atoms with E-state index in [1.165, 1.54) is 0 Å². The summed E-state index contributed by atoms with van der Waals surface area (Å²) in [6.07, 6.45) is 1.33. The molecule has 1 saturated heterocycles. The van der Waals surface area contributed by atoms with Crippen LogP contribution in [-0.2, 0) is 9.59 Å². The third kappa shape index (κ3) is 5.34. The lowest BCUT2D eigenvalue weighted by atomic mass is 9.96. The van der Waals surface area contributed by atoms with Crippen molar-refractivity contribution in [2.75, 3.05) is 26.2 Å². The summed E-state index contributed by atoms with van der Waals surface area (Å²) in [7, 11) is 0. The van der Waals surface area contributed by atoms with Crippen molar-refractivity contribution in [2.24, 2.45) is 11.7 Å². The number of hydrogen-bond acceptors (Lipinski definition) is 4. The van der Waals surface area contributed by atoms with Gasteiger partial charge in [-0.05, 0) is 49.7 Å². The van der Waals surface area contributed by atoms with Gasteiger partial charge < -0.3 is 16.2 Å². The molecule has 0 aromatic heterocycles. The van der Waals surface area contributed by atoms with Crippen LogP contribution in [0.25, 0.3) is 0 Å². The molecule has 2 amide bonds. The number of halogens is 2. The number of likely N-dealkylation sites (tertiary alicyclic amines) is 1. The zero-order valence-corrected chi connectivity index (χ0v) is 14.7. The lowest BCUT2D eigenvalue weighted by molar-refractivity contribution is -0.124. The van der Waals surface area contributed by atoms with Crippen LogP contribution in [0.2, 0.25) is 10.0 Å². The molecule has 1 aliphatic rings.